The minimum atomic E-state index is -1.53. The fourth-order valence-corrected chi connectivity index (χ4v) is 3.49. The second-order valence-electron chi connectivity index (χ2n) is 8.61. The third-order valence-corrected chi connectivity index (χ3v) is 5.51. The van der Waals surface area contributed by atoms with Gasteiger partial charge in [0.2, 0.25) is 5.82 Å². The van der Waals surface area contributed by atoms with Gasteiger partial charge >= 0.3 is 5.97 Å². The van der Waals surface area contributed by atoms with Crippen molar-refractivity contribution < 1.29 is 32.2 Å². The number of halogens is 3. The van der Waals surface area contributed by atoms with E-state index in [1.807, 2.05) is 0 Å². The quantitative estimate of drug-likeness (QED) is 0.173. The molecule has 1 unspecified atom stereocenters. The zero-order valence-corrected chi connectivity index (χ0v) is 20.3. The van der Waals surface area contributed by atoms with Crippen molar-refractivity contribution >= 4 is 11.9 Å². The molecule has 5 nitrogen and oxygen atoms in total. The molecule has 1 atom stereocenters. The summed E-state index contributed by atoms with van der Waals surface area (Å²) in [6.07, 6.45) is 11.5. The molecule has 0 heterocycles. The van der Waals surface area contributed by atoms with Gasteiger partial charge in [0.05, 0.1) is 19.3 Å². The van der Waals surface area contributed by atoms with E-state index in [9.17, 15) is 22.8 Å². The molecule has 0 saturated heterocycles. The maximum absolute atomic E-state index is 14.4. The van der Waals surface area contributed by atoms with Crippen molar-refractivity contribution in [3.05, 3.63) is 29.1 Å². The van der Waals surface area contributed by atoms with Crippen LogP contribution in [0.5, 0.6) is 5.75 Å². The minimum Gasteiger partial charge on any atom is -0.491 e. The second kappa shape index (κ2) is 15.6. The van der Waals surface area contributed by atoms with E-state index in [1.54, 1.807) is 13.8 Å². The summed E-state index contributed by atoms with van der Waals surface area (Å²) in [5, 5.41) is 2.36. The summed E-state index contributed by atoms with van der Waals surface area (Å²) in [5.41, 5.74) is -0.751. The highest BCUT2D eigenvalue weighted by Gasteiger charge is 2.29. The molecule has 0 aromatic heterocycles. The number of nitrogens with one attached hydrogen (secondary N) is 1. The number of rotatable bonds is 16. The van der Waals surface area contributed by atoms with Crippen LogP contribution in [-0.4, -0.2) is 31.6 Å². The Morgan fingerprint density at radius 3 is 1.97 bits per heavy atom. The number of amides is 1. The molecule has 8 heteroatoms. The summed E-state index contributed by atoms with van der Waals surface area (Å²) in [6.45, 7) is 5.81. The van der Waals surface area contributed by atoms with Gasteiger partial charge in [-0.1, -0.05) is 78.6 Å². The molecule has 0 spiro atoms. The number of esters is 1. The molecule has 1 rings (SSSR count). The Kier molecular flexibility index (Phi) is 13.6. The Labute approximate surface area is 195 Å². The van der Waals surface area contributed by atoms with E-state index in [4.69, 9.17) is 4.74 Å². The van der Waals surface area contributed by atoms with E-state index >= 15 is 0 Å². The standard InChI is InChI=1S/C25H38F3NO4/c1-5-6-7-8-9-10-11-12-13-14-15-33-25(31)22(17(2)3)29-24(30)18-16-19(26)21(28)23(32-4)20(18)27/h16-17,22H,5-15H2,1-4H3,(H,29,30). The Bertz CT molecular complexity index is 756. The van der Waals surface area contributed by atoms with E-state index in [2.05, 4.69) is 17.0 Å². The fourth-order valence-electron chi connectivity index (χ4n) is 3.49. The Morgan fingerprint density at radius 2 is 1.45 bits per heavy atom. The van der Waals surface area contributed by atoms with Crippen LogP contribution in [0.2, 0.25) is 0 Å². The van der Waals surface area contributed by atoms with Gasteiger partial charge in [0.15, 0.2) is 17.4 Å². The van der Waals surface area contributed by atoms with E-state index < -0.39 is 46.7 Å². The Hall–Kier alpha value is -2.25. The van der Waals surface area contributed by atoms with Gasteiger partial charge in [0.25, 0.3) is 5.91 Å². The van der Waals surface area contributed by atoms with Crippen LogP contribution < -0.4 is 10.1 Å². The summed E-state index contributed by atoms with van der Waals surface area (Å²) >= 11 is 0. The van der Waals surface area contributed by atoms with Gasteiger partial charge in [0.1, 0.15) is 6.04 Å². The van der Waals surface area contributed by atoms with Gasteiger partial charge in [-0.15, -0.1) is 0 Å². The van der Waals surface area contributed by atoms with Crippen molar-refractivity contribution in [2.45, 2.75) is 91.0 Å². The van der Waals surface area contributed by atoms with Crippen LogP contribution in [0, 0.1) is 23.4 Å². The van der Waals surface area contributed by atoms with Crippen molar-refractivity contribution in [2.24, 2.45) is 5.92 Å². The van der Waals surface area contributed by atoms with Crippen LogP contribution in [0.25, 0.3) is 0 Å². The average molecular weight is 474 g/mol. The molecule has 0 fully saturated rings. The number of hydrogen-bond donors (Lipinski definition) is 1. The summed E-state index contributed by atoms with van der Waals surface area (Å²) in [6, 6.07) is -0.617. The van der Waals surface area contributed by atoms with Crippen molar-refractivity contribution in [1.82, 2.24) is 5.32 Å². The normalized spacial score (nSPS) is 12.0. The zero-order chi connectivity index (χ0) is 24.8. The molecule has 33 heavy (non-hydrogen) atoms. The maximum Gasteiger partial charge on any atom is 0.328 e. The van der Waals surface area contributed by atoms with Gasteiger partial charge in [-0.2, -0.15) is 4.39 Å². The molecule has 0 bridgehead atoms. The predicted octanol–water partition coefficient (Wildman–Crippen LogP) is 6.33. The van der Waals surface area contributed by atoms with E-state index in [0.29, 0.717) is 6.07 Å². The van der Waals surface area contributed by atoms with Crippen LogP contribution in [0.1, 0.15) is 95.3 Å². The van der Waals surface area contributed by atoms with Gasteiger partial charge < -0.3 is 14.8 Å². The molecule has 1 aromatic carbocycles. The van der Waals surface area contributed by atoms with Gasteiger partial charge in [-0.3, -0.25) is 4.79 Å². The minimum absolute atomic E-state index is 0.224. The van der Waals surface area contributed by atoms with Gasteiger partial charge in [-0.05, 0) is 18.4 Å². The van der Waals surface area contributed by atoms with Gasteiger partial charge in [0, 0.05) is 0 Å². The molecule has 0 aliphatic heterocycles. The highest BCUT2D eigenvalue weighted by atomic mass is 19.2. The molecule has 0 aliphatic carbocycles. The lowest BCUT2D eigenvalue weighted by Crippen LogP contribution is -2.45. The number of ether oxygens (including phenoxy) is 2. The summed E-state index contributed by atoms with van der Waals surface area (Å²) in [7, 11) is 0.963. The summed E-state index contributed by atoms with van der Waals surface area (Å²) in [5.74, 6) is -7.35. The first-order valence-corrected chi connectivity index (χ1v) is 11.9. The van der Waals surface area contributed by atoms with Crippen molar-refractivity contribution in [3.63, 3.8) is 0 Å². The highest BCUT2D eigenvalue weighted by Crippen LogP contribution is 2.27. The molecule has 0 saturated carbocycles. The lowest BCUT2D eigenvalue weighted by molar-refractivity contribution is -0.147. The average Bonchev–Trinajstić information content (AvgIpc) is 2.78. The highest BCUT2D eigenvalue weighted by molar-refractivity contribution is 5.97. The Balaban J connectivity index is 2.48. The third-order valence-electron chi connectivity index (χ3n) is 5.51. The lowest BCUT2D eigenvalue weighted by Gasteiger charge is -2.21. The lowest BCUT2D eigenvalue weighted by atomic mass is 10.0. The van der Waals surface area contributed by atoms with Gasteiger partial charge in [-0.25, -0.2) is 13.6 Å². The van der Waals surface area contributed by atoms with E-state index in [0.717, 1.165) is 32.8 Å². The molecule has 0 radical (unpaired) electrons. The third kappa shape index (κ3) is 9.64. The van der Waals surface area contributed by atoms with E-state index in [1.165, 1.54) is 38.5 Å². The molecular weight excluding hydrogens is 435 g/mol. The molecule has 0 aliphatic rings. The Morgan fingerprint density at radius 1 is 0.909 bits per heavy atom. The molecule has 1 aromatic rings. The summed E-state index contributed by atoms with van der Waals surface area (Å²) in [4.78, 5) is 24.9. The molecule has 1 amide bonds. The largest absolute Gasteiger partial charge is 0.491 e. The first-order chi connectivity index (χ1) is 15.7. The van der Waals surface area contributed by atoms with E-state index in [-0.39, 0.29) is 12.5 Å². The van der Waals surface area contributed by atoms with Crippen molar-refractivity contribution in [2.75, 3.05) is 13.7 Å². The zero-order valence-electron chi connectivity index (χ0n) is 20.3. The van der Waals surface area contributed by atoms with Crippen LogP contribution in [-0.2, 0) is 9.53 Å². The van der Waals surface area contributed by atoms with Crippen LogP contribution in [0.3, 0.4) is 0 Å². The monoisotopic (exact) mass is 473 g/mol. The number of benzene rings is 1. The number of unbranched alkanes of at least 4 members (excludes halogenated alkanes) is 9. The van der Waals surface area contributed by atoms with Crippen molar-refractivity contribution in [1.29, 1.82) is 0 Å². The predicted molar refractivity (Wildman–Crippen MR) is 122 cm³/mol. The summed E-state index contributed by atoms with van der Waals surface area (Å²) < 4.78 is 51.5. The number of carbonyl (C=O) groups is 2. The molecule has 188 valence electrons. The van der Waals surface area contributed by atoms with Crippen molar-refractivity contribution in [3.8, 4) is 5.75 Å². The molecular formula is C25H38F3NO4. The number of methoxy groups -OCH3 is 1. The SMILES string of the molecule is CCCCCCCCCCCCOC(=O)C(NC(=O)c1cc(F)c(F)c(OC)c1F)C(C)C. The van der Waals surface area contributed by atoms with Crippen LogP contribution in [0.4, 0.5) is 13.2 Å². The second-order valence-corrected chi connectivity index (χ2v) is 8.61. The smallest absolute Gasteiger partial charge is 0.328 e. The number of carbonyl (C=O) groups excluding carboxylic acids is 2. The first kappa shape index (κ1) is 28.8. The topological polar surface area (TPSA) is 64.6 Å². The maximum atomic E-state index is 14.4. The first-order valence-electron chi connectivity index (χ1n) is 11.9. The van der Waals surface area contributed by atoms with Crippen LogP contribution in [0.15, 0.2) is 6.07 Å². The number of hydrogen-bond acceptors (Lipinski definition) is 4. The fraction of sp³-hybridized carbons (Fsp3) is 0.680. The molecule has 1 N–H and O–H groups in total. The van der Waals surface area contributed by atoms with Crippen LogP contribution >= 0.6 is 0 Å².